The molecule has 1 aromatic rings. The van der Waals surface area contributed by atoms with Crippen LogP contribution in [0.5, 0.6) is 0 Å². The van der Waals surface area contributed by atoms with Crippen molar-refractivity contribution < 1.29 is 9.59 Å². The molecule has 1 unspecified atom stereocenters. The van der Waals surface area contributed by atoms with E-state index in [1.54, 1.807) is 31.2 Å². The van der Waals surface area contributed by atoms with Gasteiger partial charge in [-0.1, -0.05) is 23.7 Å². The summed E-state index contributed by atoms with van der Waals surface area (Å²) in [5, 5.41) is 8.89. The van der Waals surface area contributed by atoms with Gasteiger partial charge in [0.2, 0.25) is 11.8 Å². The Morgan fingerprint density at radius 1 is 1.24 bits per heavy atom. The Morgan fingerprint density at radius 3 is 2.43 bits per heavy atom. The molecule has 116 valence electrons. The van der Waals surface area contributed by atoms with E-state index in [-0.39, 0.29) is 23.9 Å². The van der Waals surface area contributed by atoms with Crippen LogP contribution in [0, 0.1) is 0 Å². The summed E-state index contributed by atoms with van der Waals surface area (Å²) in [7, 11) is 0. The van der Waals surface area contributed by atoms with E-state index < -0.39 is 6.04 Å². The van der Waals surface area contributed by atoms with Crippen LogP contribution in [0.1, 0.15) is 27.7 Å². The van der Waals surface area contributed by atoms with Crippen molar-refractivity contribution in [2.45, 2.75) is 39.3 Å². The standard InChI is InChI=1S/C15H22ClN3O2/c1-10(14(21)19-15(2,3)4)17-9-13(20)18-12-8-6-5-7-11(12)16/h5-8,10,17H,9H2,1-4H3,(H,18,20)(H,19,21). The predicted octanol–water partition coefficient (Wildman–Crippen LogP) is 2.17. The summed E-state index contributed by atoms with van der Waals surface area (Å²) in [6, 6.07) is 6.53. The van der Waals surface area contributed by atoms with Crippen LogP contribution in [0.15, 0.2) is 24.3 Å². The lowest BCUT2D eigenvalue weighted by Crippen LogP contribution is -2.50. The second-order valence-corrected chi connectivity index (χ2v) is 6.28. The van der Waals surface area contributed by atoms with Gasteiger partial charge in [-0.3, -0.25) is 14.9 Å². The van der Waals surface area contributed by atoms with Gasteiger partial charge in [-0.15, -0.1) is 0 Å². The van der Waals surface area contributed by atoms with Crippen LogP contribution in [0.25, 0.3) is 0 Å². The van der Waals surface area contributed by atoms with Crippen molar-refractivity contribution in [3.8, 4) is 0 Å². The van der Waals surface area contributed by atoms with Gasteiger partial charge in [0.15, 0.2) is 0 Å². The summed E-state index contributed by atoms with van der Waals surface area (Å²) in [5.74, 6) is -0.397. The van der Waals surface area contributed by atoms with Crippen molar-refractivity contribution >= 4 is 29.1 Å². The number of hydrogen-bond donors (Lipinski definition) is 3. The molecule has 1 atom stereocenters. The minimum Gasteiger partial charge on any atom is -0.350 e. The maximum Gasteiger partial charge on any atom is 0.238 e. The van der Waals surface area contributed by atoms with Gasteiger partial charge in [0, 0.05) is 5.54 Å². The van der Waals surface area contributed by atoms with Crippen LogP contribution in [0.4, 0.5) is 5.69 Å². The average molecular weight is 312 g/mol. The first kappa shape index (κ1) is 17.5. The highest BCUT2D eigenvalue weighted by molar-refractivity contribution is 6.33. The Morgan fingerprint density at radius 2 is 1.86 bits per heavy atom. The number of rotatable bonds is 5. The molecule has 0 aliphatic rings. The molecule has 0 bridgehead atoms. The number of carbonyl (C=O) groups is 2. The summed E-state index contributed by atoms with van der Waals surface area (Å²) in [6.07, 6.45) is 0. The fourth-order valence-electron chi connectivity index (χ4n) is 1.57. The largest absolute Gasteiger partial charge is 0.350 e. The number of carbonyl (C=O) groups excluding carboxylic acids is 2. The van der Waals surface area contributed by atoms with E-state index in [0.29, 0.717) is 10.7 Å². The van der Waals surface area contributed by atoms with E-state index in [9.17, 15) is 9.59 Å². The van der Waals surface area contributed by atoms with Gasteiger partial charge in [0.1, 0.15) is 0 Å². The van der Waals surface area contributed by atoms with Crippen molar-refractivity contribution in [3.05, 3.63) is 29.3 Å². The average Bonchev–Trinajstić information content (AvgIpc) is 2.36. The van der Waals surface area contributed by atoms with Gasteiger partial charge in [0.25, 0.3) is 0 Å². The van der Waals surface area contributed by atoms with Crippen LogP contribution >= 0.6 is 11.6 Å². The SMILES string of the molecule is CC(NCC(=O)Nc1ccccc1Cl)C(=O)NC(C)(C)C. The third kappa shape index (κ3) is 6.60. The molecule has 0 heterocycles. The molecular formula is C15H22ClN3O2. The highest BCUT2D eigenvalue weighted by Gasteiger charge is 2.19. The quantitative estimate of drug-likeness (QED) is 0.780. The molecule has 3 N–H and O–H groups in total. The van der Waals surface area contributed by atoms with Gasteiger partial charge < -0.3 is 10.6 Å². The molecule has 6 heteroatoms. The van der Waals surface area contributed by atoms with Crippen LogP contribution in [-0.4, -0.2) is 29.9 Å². The van der Waals surface area contributed by atoms with E-state index in [4.69, 9.17) is 11.6 Å². The Balaban J connectivity index is 2.43. The maximum atomic E-state index is 11.9. The highest BCUT2D eigenvalue weighted by atomic mass is 35.5. The van der Waals surface area contributed by atoms with Crippen LogP contribution in [-0.2, 0) is 9.59 Å². The van der Waals surface area contributed by atoms with Crippen molar-refractivity contribution in [3.63, 3.8) is 0 Å². The zero-order valence-corrected chi connectivity index (χ0v) is 13.5. The molecule has 0 spiro atoms. The van der Waals surface area contributed by atoms with Crippen molar-refractivity contribution in [1.82, 2.24) is 10.6 Å². The summed E-state index contributed by atoms with van der Waals surface area (Å²) >= 11 is 5.95. The van der Waals surface area contributed by atoms with Gasteiger partial charge in [-0.2, -0.15) is 0 Å². The van der Waals surface area contributed by atoms with Gasteiger partial charge in [0.05, 0.1) is 23.3 Å². The fourth-order valence-corrected chi connectivity index (χ4v) is 1.76. The third-order valence-corrected chi connectivity index (χ3v) is 2.94. The summed E-state index contributed by atoms with van der Waals surface area (Å²) < 4.78 is 0. The minimum atomic E-state index is -0.457. The second kappa shape index (κ2) is 7.43. The lowest BCUT2D eigenvalue weighted by Gasteiger charge is -2.23. The second-order valence-electron chi connectivity index (χ2n) is 5.87. The number of para-hydroxylation sites is 1. The first-order chi connectivity index (χ1) is 9.69. The smallest absolute Gasteiger partial charge is 0.238 e. The molecular weight excluding hydrogens is 290 g/mol. The summed E-state index contributed by atoms with van der Waals surface area (Å²) in [4.78, 5) is 23.7. The van der Waals surface area contributed by atoms with E-state index in [0.717, 1.165) is 0 Å². The van der Waals surface area contributed by atoms with Crippen molar-refractivity contribution in [2.24, 2.45) is 0 Å². The Hall–Kier alpha value is -1.59. The number of hydrogen-bond acceptors (Lipinski definition) is 3. The Bertz CT molecular complexity index is 512. The Labute approximate surface area is 130 Å². The van der Waals surface area contributed by atoms with Gasteiger partial charge >= 0.3 is 0 Å². The van der Waals surface area contributed by atoms with Crippen molar-refractivity contribution in [1.29, 1.82) is 0 Å². The zero-order chi connectivity index (χ0) is 16.0. The molecule has 0 aliphatic carbocycles. The van der Waals surface area contributed by atoms with E-state index in [1.807, 2.05) is 20.8 Å². The molecule has 0 saturated carbocycles. The molecule has 0 radical (unpaired) electrons. The zero-order valence-electron chi connectivity index (χ0n) is 12.8. The monoisotopic (exact) mass is 311 g/mol. The number of amides is 2. The molecule has 0 fully saturated rings. The van der Waals surface area contributed by atoms with Crippen LogP contribution in [0.2, 0.25) is 5.02 Å². The number of halogens is 1. The normalized spacial score (nSPS) is 12.6. The molecule has 0 aromatic heterocycles. The molecule has 1 aromatic carbocycles. The first-order valence-corrected chi connectivity index (χ1v) is 7.16. The van der Waals surface area contributed by atoms with E-state index in [2.05, 4.69) is 16.0 Å². The number of nitrogens with one attached hydrogen (secondary N) is 3. The molecule has 5 nitrogen and oxygen atoms in total. The number of anilines is 1. The fraction of sp³-hybridized carbons (Fsp3) is 0.467. The van der Waals surface area contributed by atoms with E-state index >= 15 is 0 Å². The number of benzene rings is 1. The first-order valence-electron chi connectivity index (χ1n) is 6.79. The topological polar surface area (TPSA) is 70.2 Å². The minimum absolute atomic E-state index is 0.0317. The molecule has 0 aliphatic heterocycles. The maximum absolute atomic E-state index is 11.9. The van der Waals surface area contributed by atoms with Gasteiger partial charge in [-0.05, 0) is 39.8 Å². The van der Waals surface area contributed by atoms with Crippen molar-refractivity contribution in [2.75, 3.05) is 11.9 Å². The lowest BCUT2D eigenvalue weighted by molar-refractivity contribution is -0.124. The van der Waals surface area contributed by atoms with E-state index in [1.165, 1.54) is 0 Å². The summed E-state index contributed by atoms with van der Waals surface area (Å²) in [5.41, 5.74) is 0.255. The molecule has 2 amide bonds. The third-order valence-electron chi connectivity index (χ3n) is 2.61. The molecule has 1 rings (SSSR count). The molecule has 0 saturated heterocycles. The van der Waals surface area contributed by atoms with Crippen LogP contribution in [0.3, 0.4) is 0 Å². The molecule has 21 heavy (non-hydrogen) atoms. The summed E-state index contributed by atoms with van der Waals surface area (Å²) in [6.45, 7) is 7.46. The van der Waals surface area contributed by atoms with Crippen LogP contribution < -0.4 is 16.0 Å². The van der Waals surface area contributed by atoms with Gasteiger partial charge in [-0.25, -0.2) is 0 Å². The predicted molar refractivity (Wildman–Crippen MR) is 85.4 cm³/mol. The Kier molecular flexibility index (Phi) is 6.18. The lowest BCUT2D eigenvalue weighted by atomic mass is 10.1. The highest BCUT2D eigenvalue weighted by Crippen LogP contribution is 2.19.